The highest BCUT2D eigenvalue weighted by Crippen LogP contribution is 2.22. The first kappa shape index (κ1) is 7.23. The molecule has 0 aliphatic carbocycles. The molecule has 0 aliphatic rings. The molecule has 0 saturated heterocycles. The molecular weight excluding hydrogens is 180 g/mol. The van der Waals surface area contributed by atoms with Crippen molar-refractivity contribution in [3.05, 3.63) is 11.3 Å². The Morgan fingerprint density at radius 1 is 1.58 bits per heavy atom. The maximum atomic E-state index is 5.88. The number of nitrogens with zero attached hydrogens (tertiary/aromatic N) is 5. The van der Waals surface area contributed by atoms with Crippen molar-refractivity contribution < 1.29 is 0 Å². The summed E-state index contributed by atoms with van der Waals surface area (Å²) in [5, 5.41) is 17.7. The molecule has 0 radical (unpaired) electrons. The average molecular weight is 185 g/mol. The Balaban J connectivity index is 2.55. The summed E-state index contributed by atoms with van der Waals surface area (Å²) < 4.78 is 1.53. The van der Waals surface area contributed by atoms with Crippen molar-refractivity contribution in [2.45, 2.75) is 0 Å². The van der Waals surface area contributed by atoms with Gasteiger partial charge < -0.3 is 0 Å². The van der Waals surface area contributed by atoms with Crippen LogP contribution >= 0.6 is 11.6 Å². The maximum Gasteiger partial charge on any atom is 0.209 e. The molecule has 6 nitrogen and oxygen atoms in total. The van der Waals surface area contributed by atoms with Gasteiger partial charge in [-0.15, -0.1) is 10.2 Å². The van der Waals surface area contributed by atoms with Crippen LogP contribution in [0.25, 0.3) is 11.4 Å². The van der Waals surface area contributed by atoms with Crippen LogP contribution in [0.1, 0.15) is 0 Å². The van der Waals surface area contributed by atoms with Crippen molar-refractivity contribution in [3.8, 4) is 11.4 Å². The molecule has 2 rings (SSSR count). The third-order valence-corrected chi connectivity index (χ3v) is 1.90. The van der Waals surface area contributed by atoms with Crippen molar-refractivity contribution in [1.82, 2.24) is 30.4 Å². The molecule has 2 heterocycles. The van der Waals surface area contributed by atoms with Crippen molar-refractivity contribution in [2.24, 2.45) is 7.05 Å². The van der Waals surface area contributed by atoms with Crippen LogP contribution in [0.2, 0.25) is 5.15 Å². The molecule has 0 saturated carbocycles. The van der Waals surface area contributed by atoms with Gasteiger partial charge in [-0.05, 0) is 5.21 Å². The lowest BCUT2D eigenvalue weighted by atomic mass is 10.3. The number of hydrogen-bond acceptors (Lipinski definition) is 4. The van der Waals surface area contributed by atoms with E-state index in [0.717, 1.165) is 0 Å². The summed E-state index contributed by atoms with van der Waals surface area (Å²) in [7, 11) is 1.74. The minimum Gasteiger partial charge on any atom is -0.256 e. The number of aromatic amines is 1. The average Bonchev–Trinajstić information content (AvgIpc) is 2.64. The second-order valence-electron chi connectivity index (χ2n) is 2.21. The van der Waals surface area contributed by atoms with E-state index in [4.69, 9.17) is 11.6 Å². The first-order valence-electron chi connectivity index (χ1n) is 3.20. The third-order valence-electron chi connectivity index (χ3n) is 1.45. The van der Waals surface area contributed by atoms with Gasteiger partial charge in [-0.3, -0.25) is 4.68 Å². The fraction of sp³-hybridized carbons (Fsp3) is 0.200. The standard InChI is InChI=1S/C5H5ClN6/c1-12-4(6)3(2-7-12)5-8-10-11-9-5/h2H,1H3,(H,8,9,10,11). The van der Waals surface area contributed by atoms with Gasteiger partial charge in [0.1, 0.15) is 5.15 Å². The molecule has 0 bridgehead atoms. The van der Waals surface area contributed by atoms with Gasteiger partial charge in [0.2, 0.25) is 5.82 Å². The summed E-state index contributed by atoms with van der Waals surface area (Å²) in [5.41, 5.74) is 0.674. The van der Waals surface area contributed by atoms with Crippen molar-refractivity contribution in [3.63, 3.8) is 0 Å². The van der Waals surface area contributed by atoms with Gasteiger partial charge in [0, 0.05) is 7.05 Å². The Hall–Kier alpha value is -1.43. The molecule has 62 valence electrons. The van der Waals surface area contributed by atoms with E-state index in [0.29, 0.717) is 16.5 Å². The third kappa shape index (κ3) is 0.964. The quantitative estimate of drug-likeness (QED) is 0.690. The molecule has 0 aliphatic heterocycles. The number of rotatable bonds is 1. The number of aromatic nitrogens is 6. The number of H-pyrrole nitrogens is 1. The normalized spacial score (nSPS) is 10.5. The topological polar surface area (TPSA) is 72.3 Å². The molecule has 0 spiro atoms. The highest BCUT2D eigenvalue weighted by atomic mass is 35.5. The lowest BCUT2D eigenvalue weighted by Crippen LogP contribution is -1.88. The number of aryl methyl sites for hydroxylation is 1. The van der Waals surface area contributed by atoms with Crippen LogP contribution in [0.4, 0.5) is 0 Å². The monoisotopic (exact) mass is 184 g/mol. The lowest BCUT2D eigenvalue weighted by Gasteiger charge is -1.90. The molecule has 7 heteroatoms. The van der Waals surface area contributed by atoms with Gasteiger partial charge >= 0.3 is 0 Å². The van der Waals surface area contributed by atoms with Crippen molar-refractivity contribution in [1.29, 1.82) is 0 Å². The van der Waals surface area contributed by atoms with Crippen LogP contribution in [-0.2, 0) is 7.05 Å². The Morgan fingerprint density at radius 3 is 2.92 bits per heavy atom. The van der Waals surface area contributed by atoms with Gasteiger partial charge in [-0.2, -0.15) is 10.3 Å². The highest BCUT2D eigenvalue weighted by molar-refractivity contribution is 6.32. The Bertz CT molecular complexity index is 377. The van der Waals surface area contributed by atoms with E-state index in [2.05, 4.69) is 25.7 Å². The molecule has 0 unspecified atom stereocenters. The summed E-state index contributed by atoms with van der Waals surface area (Å²) in [6.07, 6.45) is 1.59. The molecular formula is C5H5ClN6. The number of tetrazole rings is 1. The number of halogens is 1. The molecule has 0 fully saturated rings. The van der Waals surface area contributed by atoms with Crippen LogP contribution < -0.4 is 0 Å². The van der Waals surface area contributed by atoms with Crippen molar-refractivity contribution >= 4 is 11.6 Å². The van der Waals surface area contributed by atoms with E-state index in [1.165, 1.54) is 4.68 Å². The second kappa shape index (κ2) is 2.56. The van der Waals surface area contributed by atoms with E-state index >= 15 is 0 Å². The number of nitrogens with one attached hydrogen (secondary N) is 1. The molecule has 0 aromatic carbocycles. The van der Waals surface area contributed by atoms with Gasteiger partial charge in [0.25, 0.3) is 0 Å². The van der Waals surface area contributed by atoms with Crippen LogP contribution in [-0.4, -0.2) is 30.4 Å². The van der Waals surface area contributed by atoms with E-state index in [-0.39, 0.29) is 0 Å². The van der Waals surface area contributed by atoms with Crippen LogP contribution in [0.15, 0.2) is 6.20 Å². The van der Waals surface area contributed by atoms with Gasteiger partial charge in [-0.1, -0.05) is 11.6 Å². The summed E-state index contributed by atoms with van der Waals surface area (Å²) in [4.78, 5) is 0. The fourth-order valence-corrected chi connectivity index (χ4v) is 1.03. The molecule has 0 amide bonds. The van der Waals surface area contributed by atoms with E-state index in [1.54, 1.807) is 13.2 Å². The SMILES string of the molecule is Cn1ncc(-c2nn[nH]n2)c1Cl. The smallest absolute Gasteiger partial charge is 0.209 e. The zero-order chi connectivity index (χ0) is 8.55. The highest BCUT2D eigenvalue weighted by Gasteiger charge is 2.11. The maximum absolute atomic E-state index is 5.88. The van der Waals surface area contributed by atoms with E-state index in [1.807, 2.05) is 0 Å². The van der Waals surface area contributed by atoms with Gasteiger partial charge in [0.05, 0.1) is 11.8 Å². The number of hydrogen-bond donors (Lipinski definition) is 1. The summed E-state index contributed by atoms with van der Waals surface area (Å²) in [5.74, 6) is 0.452. The predicted molar refractivity (Wildman–Crippen MR) is 41.4 cm³/mol. The zero-order valence-electron chi connectivity index (χ0n) is 6.19. The Kier molecular flexibility index (Phi) is 1.54. The first-order chi connectivity index (χ1) is 5.79. The van der Waals surface area contributed by atoms with Crippen molar-refractivity contribution in [2.75, 3.05) is 0 Å². The van der Waals surface area contributed by atoms with Gasteiger partial charge in [0.15, 0.2) is 0 Å². The summed E-state index contributed by atoms with van der Waals surface area (Å²) >= 11 is 5.88. The minimum atomic E-state index is 0.452. The largest absolute Gasteiger partial charge is 0.256 e. The molecule has 0 atom stereocenters. The molecule has 12 heavy (non-hydrogen) atoms. The van der Waals surface area contributed by atoms with E-state index in [9.17, 15) is 0 Å². The van der Waals surface area contributed by atoms with Crippen LogP contribution in [0.5, 0.6) is 0 Å². The predicted octanol–water partition coefficient (Wildman–Crippen LogP) is 0.254. The molecule has 1 N–H and O–H groups in total. The Morgan fingerprint density at radius 2 is 2.42 bits per heavy atom. The van der Waals surface area contributed by atoms with Gasteiger partial charge in [-0.25, -0.2) is 0 Å². The Labute approximate surface area is 72.5 Å². The zero-order valence-corrected chi connectivity index (χ0v) is 6.95. The van der Waals surface area contributed by atoms with Crippen LogP contribution in [0, 0.1) is 0 Å². The van der Waals surface area contributed by atoms with E-state index < -0.39 is 0 Å². The fourth-order valence-electron chi connectivity index (χ4n) is 0.849. The second-order valence-corrected chi connectivity index (χ2v) is 2.57. The minimum absolute atomic E-state index is 0.452. The molecule has 2 aromatic heterocycles. The summed E-state index contributed by atoms with van der Waals surface area (Å²) in [6, 6.07) is 0. The summed E-state index contributed by atoms with van der Waals surface area (Å²) in [6.45, 7) is 0. The first-order valence-corrected chi connectivity index (χ1v) is 3.58. The molecule has 2 aromatic rings. The van der Waals surface area contributed by atoms with Crippen LogP contribution in [0.3, 0.4) is 0 Å². The lowest BCUT2D eigenvalue weighted by molar-refractivity contribution is 0.769.